The molecule has 0 unspecified atom stereocenters. The van der Waals surface area contributed by atoms with Crippen LogP contribution in [-0.4, -0.2) is 28.8 Å². The largest absolute Gasteiger partial charge is 0.353 e. The molecule has 2 aromatic rings. The monoisotopic (exact) mass is 331 g/mol. The van der Waals surface area contributed by atoms with E-state index in [1.807, 2.05) is 23.6 Å². The first-order valence-electron chi connectivity index (χ1n) is 7.36. The summed E-state index contributed by atoms with van der Waals surface area (Å²) < 4.78 is 0. The van der Waals surface area contributed by atoms with Crippen LogP contribution in [0.4, 0.5) is 5.69 Å². The van der Waals surface area contributed by atoms with Crippen molar-refractivity contribution in [3.8, 4) is 0 Å². The Morgan fingerprint density at radius 1 is 1.39 bits per heavy atom. The van der Waals surface area contributed by atoms with Gasteiger partial charge in [-0.2, -0.15) is 0 Å². The maximum absolute atomic E-state index is 12.3. The molecular weight excluding hydrogens is 314 g/mol. The van der Waals surface area contributed by atoms with Crippen molar-refractivity contribution in [3.05, 3.63) is 61.8 Å². The van der Waals surface area contributed by atoms with E-state index >= 15 is 0 Å². The van der Waals surface area contributed by atoms with Crippen LogP contribution in [0, 0.1) is 17.0 Å². The van der Waals surface area contributed by atoms with Crippen molar-refractivity contribution < 1.29 is 9.72 Å². The quantitative estimate of drug-likeness (QED) is 0.690. The van der Waals surface area contributed by atoms with Crippen molar-refractivity contribution in [2.24, 2.45) is 0 Å². The number of hydrogen-bond donors (Lipinski definition) is 1. The van der Waals surface area contributed by atoms with Crippen LogP contribution in [0.15, 0.2) is 35.7 Å². The molecule has 0 aliphatic carbocycles. The lowest BCUT2D eigenvalue weighted by molar-refractivity contribution is -0.385. The van der Waals surface area contributed by atoms with Crippen LogP contribution in [0.2, 0.25) is 0 Å². The summed E-state index contributed by atoms with van der Waals surface area (Å²) in [5.74, 6) is -0.0122. The zero-order valence-electron chi connectivity index (χ0n) is 12.7. The number of benzene rings is 1. The Morgan fingerprint density at radius 3 is 2.91 bits per heavy atom. The first-order valence-corrected chi connectivity index (χ1v) is 8.24. The average molecular weight is 331 g/mol. The predicted molar refractivity (Wildman–Crippen MR) is 88.3 cm³/mol. The number of nitrogens with zero attached hydrogens (tertiary/aromatic N) is 2. The van der Waals surface area contributed by atoms with Crippen LogP contribution >= 0.6 is 11.3 Å². The molecule has 6 nitrogen and oxygen atoms in total. The highest BCUT2D eigenvalue weighted by atomic mass is 32.1. The van der Waals surface area contributed by atoms with Crippen molar-refractivity contribution in [1.82, 2.24) is 10.2 Å². The van der Waals surface area contributed by atoms with Crippen molar-refractivity contribution >= 4 is 22.9 Å². The number of rotatable bonds is 4. The second-order valence-electron chi connectivity index (χ2n) is 5.50. The van der Waals surface area contributed by atoms with E-state index in [0.717, 1.165) is 17.0 Å². The summed E-state index contributed by atoms with van der Waals surface area (Å²) in [6, 6.07) is 8.65. The molecule has 3 rings (SSSR count). The molecule has 7 heteroatoms. The number of piperazine rings is 1. The standard InChI is InChI=1S/C16H17N3O3S/c1-11-12(4-2-5-13(11)19(21)22)10-18-8-7-17-16(20)15(18)14-6-3-9-23-14/h2-6,9,15H,7-8,10H2,1H3,(H,17,20)/t15-/m0/s1. The van der Waals surface area contributed by atoms with Gasteiger partial charge in [-0.3, -0.25) is 19.8 Å². The fraction of sp³-hybridized carbons (Fsp3) is 0.312. The molecule has 0 spiro atoms. The Bertz CT molecular complexity index is 730. The topological polar surface area (TPSA) is 75.5 Å². The zero-order chi connectivity index (χ0) is 16.4. The highest BCUT2D eigenvalue weighted by Crippen LogP contribution is 2.30. The van der Waals surface area contributed by atoms with E-state index in [2.05, 4.69) is 10.2 Å². The average Bonchev–Trinajstić information content (AvgIpc) is 3.03. The third-order valence-corrected chi connectivity index (χ3v) is 5.04. The Balaban J connectivity index is 1.90. The molecule has 0 saturated carbocycles. The number of amides is 1. The van der Waals surface area contributed by atoms with Crippen molar-refractivity contribution in [1.29, 1.82) is 0 Å². The summed E-state index contributed by atoms with van der Waals surface area (Å²) in [6.45, 7) is 3.59. The van der Waals surface area contributed by atoms with Gasteiger partial charge in [-0.15, -0.1) is 11.3 Å². The van der Waals surface area contributed by atoms with Gasteiger partial charge in [0.15, 0.2) is 0 Å². The molecule has 1 aromatic carbocycles. The summed E-state index contributed by atoms with van der Waals surface area (Å²) in [6.07, 6.45) is 0. The number of nitro groups is 1. The Kier molecular flexibility index (Phi) is 4.40. The van der Waals surface area contributed by atoms with Crippen LogP contribution in [0.1, 0.15) is 22.0 Å². The maximum atomic E-state index is 12.3. The summed E-state index contributed by atoms with van der Waals surface area (Å²) in [4.78, 5) is 26.1. The minimum Gasteiger partial charge on any atom is -0.353 e. The molecule has 0 radical (unpaired) electrons. The fourth-order valence-corrected chi connectivity index (χ4v) is 3.75. The molecule has 1 saturated heterocycles. The van der Waals surface area contributed by atoms with Crippen molar-refractivity contribution in [3.63, 3.8) is 0 Å². The van der Waals surface area contributed by atoms with Crippen LogP contribution in [-0.2, 0) is 11.3 Å². The second-order valence-corrected chi connectivity index (χ2v) is 6.48. The normalized spacial score (nSPS) is 18.7. The first-order chi connectivity index (χ1) is 11.1. The molecule has 1 N–H and O–H groups in total. The van der Waals surface area contributed by atoms with Crippen LogP contribution in [0.3, 0.4) is 0 Å². The smallest absolute Gasteiger partial charge is 0.272 e. The van der Waals surface area contributed by atoms with E-state index < -0.39 is 0 Å². The van der Waals surface area contributed by atoms with E-state index in [0.29, 0.717) is 18.7 Å². The molecule has 23 heavy (non-hydrogen) atoms. The highest BCUT2D eigenvalue weighted by molar-refractivity contribution is 7.10. The van der Waals surface area contributed by atoms with E-state index in [-0.39, 0.29) is 22.6 Å². The van der Waals surface area contributed by atoms with Gasteiger partial charge in [-0.25, -0.2) is 0 Å². The predicted octanol–water partition coefficient (Wildman–Crippen LogP) is 2.64. The molecule has 1 fully saturated rings. The van der Waals surface area contributed by atoms with Crippen LogP contribution < -0.4 is 5.32 Å². The van der Waals surface area contributed by atoms with E-state index in [1.54, 1.807) is 24.3 Å². The number of nitro benzene ring substituents is 1. The van der Waals surface area contributed by atoms with Gasteiger partial charge in [0, 0.05) is 36.1 Å². The Labute approximate surface area is 137 Å². The first kappa shape index (κ1) is 15.6. The second kappa shape index (κ2) is 6.47. The summed E-state index contributed by atoms with van der Waals surface area (Å²) >= 11 is 1.55. The lowest BCUT2D eigenvalue weighted by Crippen LogP contribution is -2.49. The Morgan fingerprint density at radius 2 is 2.22 bits per heavy atom. The van der Waals surface area contributed by atoms with Gasteiger partial charge in [0.05, 0.1) is 4.92 Å². The van der Waals surface area contributed by atoms with Gasteiger partial charge in [-0.1, -0.05) is 18.2 Å². The maximum Gasteiger partial charge on any atom is 0.272 e. The number of carbonyl (C=O) groups excluding carboxylic acids is 1. The van der Waals surface area contributed by atoms with Crippen LogP contribution in [0.5, 0.6) is 0 Å². The van der Waals surface area contributed by atoms with Gasteiger partial charge in [-0.05, 0) is 23.9 Å². The molecule has 120 valence electrons. The van der Waals surface area contributed by atoms with E-state index in [4.69, 9.17) is 0 Å². The lowest BCUT2D eigenvalue weighted by atomic mass is 10.0. The number of nitrogens with one attached hydrogen (secondary N) is 1. The number of hydrogen-bond acceptors (Lipinski definition) is 5. The molecule has 1 aliphatic rings. The zero-order valence-corrected chi connectivity index (χ0v) is 13.5. The number of carbonyl (C=O) groups is 1. The molecule has 2 heterocycles. The minimum absolute atomic E-state index is 0.0122. The molecule has 1 aromatic heterocycles. The summed E-state index contributed by atoms with van der Waals surface area (Å²) in [5.41, 5.74) is 1.67. The fourth-order valence-electron chi connectivity index (χ4n) is 2.90. The van der Waals surface area contributed by atoms with Gasteiger partial charge in [0.2, 0.25) is 5.91 Å². The van der Waals surface area contributed by atoms with Gasteiger partial charge in [0.1, 0.15) is 6.04 Å². The molecule has 1 atom stereocenters. The van der Waals surface area contributed by atoms with E-state index in [9.17, 15) is 14.9 Å². The van der Waals surface area contributed by atoms with Crippen molar-refractivity contribution in [2.75, 3.05) is 13.1 Å². The summed E-state index contributed by atoms with van der Waals surface area (Å²) in [5, 5.41) is 15.9. The molecule has 0 bridgehead atoms. The van der Waals surface area contributed by atoms with Gasteiger partial charge >= 0.3 is 0 Å². The SMILES string of the molecule is Cc1c(CN2CCNC(=O)[C@@H]2c2cccs2)cccc1[N+](=O)[O-]. The highest BCUT2D eigenvalue weighted by Gasteiger charge is 2.32. The minimum atomic E-state index is -0.363. The molecular formula is C16H17N3O3S. The van der Waals surface area contributed by atoms with Gasteiger partial charge in [0.25, 0.3) is 5.69 Å². The van der Waals surface area contributed by atoms with Crippen molar-refractivity contribution in [2.45, 2.75) is 19.5 Å². The third-order valence-electron chi connectivity index (χ3n) is 4.11. The molecule has 1 amide bonds. The van der Waals surface area contributed by atoms with E-state index in [1.165, 1.54) is 6.07 Å². The molecule has 1 aliphatic heterocycles. The number of thiophene rings is 1. The summed E-state index contributed by atoms with van der Waals surface area (Å²) in [7, 11) is 0. The third kappa shape index (κ3) is 3.11. The van der Waals surface area contributed by atoms with Crippen LogP contribution in [0.25, 0.3) is 0 Å². The Hall–Kier alpha value is -2.25. The van der Waals surface area contributed by atoms with Gasteiger partial charge < -0.3 is 5.32 Å². The lowest BCUT2D eigenvalue weighted by Gasteiger charge is -2.34.